The zero-order valence-corrected chi connectivity index (χ0v) is 19.1. The van der Waals surface area contributed by atoms with Gasteiger partial charge in [-0.05, 0) is 30.2 Å². The van der Waals surface area contributed by atoms with Crippen LogP contribution in [0.25, 0.3) is 10.9 Å². The molecule has 36 heavy (non-hydrogen) atoms. The minimum absolute atomic E-state index is 0.0218. The third-order valence-corrected chi connectivity index (χ3v) is 5.96. The first-order valence-electron chi connectivity index (χ1n) is 11.2. The maximum atomic E-state index is 13.6. The van der Waals surface area contributed by atoms with Gasteiger partial charge in [-0.2, -0.15) is 0 Å². The van der Waals surface area contributed by atoms with Crippen LogP contribution in [0.1, 0.15) is 28.4 Å². The van der Waals surface area contributed by atoms with Crippen LogP contribution in [-0.4, -0.2) is 23.1 Å². The molecule has 1 aromatic heterocycles. The normalized spacial score (nSPS) is 12.1. The van der Waals surface area contributed by atoms with Gasteiger partial charge in [-0.3, -0.25) is 14.4 Å². The minimum atomic E-state index is -1.10. The number of carbonyl (C=O) groups is 2. The van der Waals surface area contributed by atoms with Crippen LogP contribution in [0.5, 0.6) is 11.5 Å². The first kappa shape index (κ1) is 23.2. The van der Waals surface area contributed by atoms with Crippen LogP contribution in [0.2, 0.25) is 0 Å². The van der Waals surface area contributed by atoms with Gasteiger partial charge in [-0.25, -0.2) is 8.78 Å². The fourth-order valence-corrected chi connectivity index (χ4v) is 4.05. The number of pyridine rings is 1. The summed E-state index contributed by atoms with van der Waals surface area (Å²) in [5.41, 5.74) is 1.17. The third-order valence-electron chi connectivity index (χ3n) is 5.96. The Labute approximate surface area is 203 Å². The van der Waals surface area contributed by atoms with Gasteiger partial charge in [-0.15, -0.1) is 0 Å². The summed E-state index contributed by atoms with van der Waals surface area (Å²) in [6.07, 6.45) is 2.13. The average molecular weight is 490 g/mol. The summed E-state index contributed by atoms with van der Waals surface area (Å²) in [5, 5.41) is 2.67. The summed E-state index contributed by atoms with van der Waals surface area (Å²) >= 11 is 0. The molecule has 2 heterocycles. The van der Waals surface area contributed by atoms with Crippen LogP contribution >= 0.6 is 0 Å². The maximum absolute atomic E-state index is 13.6. The molecule has 4 aromatic rings. The van der Waals surface area contributed by atoms with Gasteiger partial charge in [0.25, 0.3) is 0 Å². The van der Waals surface area contributed by atoms with Gasteiger partial charge in [-0.1, -0.05) is 31.2 Å². The van der Waals surface area contributed by atoms with E-state index in [9.17, 15) is 23.2 Å². The summed E-state index contributed by atoms with van der Waals surface area (Å²) < 4.78 is 39.0. The van der Waals surface area contributed by atoms with Crippen molar-refractivity contribution < 1.29 is 27.8 Å². The average Bonchev–Trinajstić information content (AvgIpc) is 3.34. The fraction of sp³-hybridized carbons (Fsp3) is 0.148. The highest BCUT2D eigenvalue weighted by Crippen LogP contribution is 2.35. The number of anilines is 1. The lowest BCUT2D eigenvalue weighted by molar-refractivity contribution is -0.116. The molecule has 0 aliphatic carbocycles. The Hall–Kier alpha value is -4.53. The van der Waals surface area contributed by atoms with E-state index in [1.54, 1.807) is 18.2 Å². The second-order valence-corrected chi connectivity index (χ2v) is 8.28. The Bertz CT molecular complexity index is 1580. The van der Waals surface area contributed by atoms with Gasteiger partial charge in [0, 0.05) is 29.6 Å². The Morgan fingerprint density at radius 1 is 0.972 bits per heavy atom. The summed E-state index contributed by atoms with van der Waals surface area (Å²) in [6, 6.07) is 13.0. The molecule has 3 aromatic carbocycles. The van der Waals surface area contributed by atoms with Gasteiger partial charge in [0.1, 0.15) is 6.54 Å². The van der Waals surface area contributed by atoms with Gasteiger partial charge in [0.2, 0.25) is 18.1 Å². The summed E-state index contributed by atoms with van der Waals surface area (Å²) in [4.78, 5) is 39.4. The Kier molecular flexibility index (Phi) is 5.97. The third kappa shape index (κ3) is 4.31. The topological polar surface area (TPSA) is 86.6 Å². The van der Waals surface area contributed by atoms with Crippen molar-refractivity contribution in [1.29, 1.82) is 0 Å². The number of nitrogens with zero attached hydrogens (tertiary/aromatic N) is 1. The number of nitrogens with one attached hydrogen (secondary N) is 1. The van der Waals surface area contributed by atoms with E-state index in [-0.39, 0.29) is 30.0 Å². The lowest BCUT2D eigenvalue weighted by Gasteiger charge is -2.14. The van der Waals surface area contributed by atoms with Crippen LogP contribution in [0.4, 0.5) is 14.5 Å². The molecule has 1 aliphatic rings. The van der Waals surface area contributed by atoms with E-state index >= 15 is 0 Å². The molecule has 0 saturated carbocycles. The van der Waals surface area contributed by atoms with Crippen LogP contribution in [0.3, 0.4) is 0 Å². The van der Waals surface area contributed by atoms with Gasteiger partial charge in [0.15, 0.2) is 28.9 Å². The molecule has 0 unspecified atom stereocenters. The minimum Gasteiger partial charge on any atom is -0.454 e. The molecule has 0 fully saturated rings. The standard InChI is InChI=1S/C27H20F2N2O5/c1-2-15-3-5-16(6-4-15)26(33)19-12-31(13-25(32)30-17-7-8-20(28)21(29)9-17)22-11-24-23(35-14-36-24)10-18(22)27(19)34/h3-12H,2,13-14H2,1H3,(H,30,32). The van der Waals surface area contributed by atoms with E-state index in [4.69, 9.17) is 9.47 Å². The SMILES string of the molecule is CCc1ccc(C(=O)c2cn(CC(=O)Nc3ccc(F)c(F)c3)c3cc4c(cc3c2=O)OCO4)cc1. The number of hydrogen-bond acceptors (Lipinski definition) is 5. The molecule has 0 bridgehead atoms. The van der Waals surface area contributed by atoms with E-state index in [1.165, 1.54) is 22.9 Å². The number of benzene rings is 3. The zero-order chi connectivity index (χ0) is 25.4. The van der Waals surface area contributed by atoms with Crippen LogP contribution in [0, 0.1) is 11.6 Å². The van der Waals surface area contributed by atoms with E-state index in [0.717, 1.165) is 24.1 Å². The predicted molar refractivity (Wildman–Crippen MR) is 129 cm³/mol. The van der Waals surface area contributed by atoms with Crippen molar-refractivity contribution >= 4 is 28.3 Å². The summed E-state index contributed by atoms with van der Waals surface area (Å²) in [7, 11) is 0. The second-order valence-electron chi connectivity index (χ2n) is 8.28. The quantitative estimate of drug-likeness (QED) is 0.404. The number of ketones is 1. The molecule has 0 spiro atoms. The highest BCUT2D eigenvalue weighted by Gasteiger charge is 2.22. The number of hydrogen-bond donors (Lipinski definition) is 1. The summed E-state index contributed by atoms with van der Waals surface area (Å²) in [6.45, 7) is 1.66. The number of aromatic nitrogens is 1. The molecule has 0 atom stereocenters. The number of rotatable bonds is 6. The molecule has 1 aliphatic heterocycles. The number of carbonyl (C=O) groups excluding carboxylic acids is 2. The van der Waals surface area contributed by atoms with E-state index in [0.29, 0.717) is 22.6 Å². The van der Waals surface area contributed by atoms with Crippen molar-refractivity contribution in [2.24, 2.45) is 0 Å². The van der Waals surface area contributed by atoms with Crippen molar-refractivity contribution in [3.63, 3.8) is 0 Å². The molecule has 9 heteroatoms. The molecular formula is C27H20F2N2O5. The molecule has 1 amide bonds. The van der Waals surface area contributed by atoms with Crippen LogP contribution in [0.15, 0.2) is 65.6 Å². The van der Waals surface area contributed by atoms with E-state index in [1.807, 2.05) is 19.1 Å². The van der Waals surface area contributed by atoms with Gasteiger partial charge in [0.05, 0.1) is 16.5 Å². The van der Waals surface area contributed by atoms with Crippen molar-refractivity contribution in [3.8, 4) is 11.5 Å². The molecule has 7 nitrogen and oxygen atoms in total. The number of ether oxygens (including phenoxy) is 2. The highest BCUT2D eigenvalue weighted by molar-refractivity contribution is 6.10. The van der Waals surface area contributed by atoms with Crippen molar-refractivity contribution in [1.82, 2.24) is 4.57 Å². The molecular weight excluding hydrogens is 470 g/mol. The number of fused-ring (bicyclic) bond motifs is 2. The highest BCUT2D eigenvalue weighted by atomic mass is 19.2. The number of halogens is 2. The number of aryl methyl sites for hydroxylation is 1. The van der Waals surface area contributed by atoms with E-state index < -0.39 is 28.8 Å². The predicted octanol–water partition coefficient (Wildman–Crippen LogP) is 4.44. The van der Waals surface area contributed by atoms with Crippen LogP contribution in [-0.2, 0) is 17.8 Å². The Morgan fingerprint density at radius 3 is 2.39 bits per heavy atom. The van der Waals surface area contributed by atoms with Crippen molar-refractivity contribution in [3.05, 3.63) is 99.3 Å². The fourth-order valence-electron chi connectivity index (χ4n) is 4.05. The van der Waals surface area contributed by atoms with E-state index in [2.05, 4.69) is 5.32 Å². The first-order valence-corrected chi connectivity index (χ1v) is 11.2. The smallest absolute Gasteiger partial charge is 0.244 e. The molecule has 5 rings (SSSR count). The Morgan fingerprint density at radius 2 is 1.69 bits per heavy atom. The van der Waals surface area contributed by atoms with Crippen LogP contribution < -0.4 is 20.2 Å². The molecule has 1 N–H and O–H groups in total. The molecule has 182 valence electrons. The zero-order valence-electron chi connectivity index (χ0n) is 19.1. The van der Waals surface area contributed by atoms with Gasteiger partial charge >= 0.3 is 0 Å². The summed E-state index contributed by atoms with van der Waals surface area (Å²) in [5.74, 6) is -2.45. The van der Waals surface area contributed by atoms with Crippen molar-refractivity contribution in [2.75, 3.05) is 12.1 Å². The maximum Gasteiger partial charge on any atom is 0.244 e. The lowest BCUT2D eigenvalue weighted by atomic mass is 10.0. The Balaban J connectivity index is 1.57. The second kappa shape index (κ2) is 9.26. The molecule has 0 radical (unpaired) electrons. The first-order chi connectivity index (χ1) is 17.3. The largest absolute Gasteiger partial charge is 0.454 e. The number of amides is 1. The molecule has 0 saturated heterocycles. The monoisotopic (exact) mass is 490 g/mol. The lowest BCUT2D eigenvalue weighted by Crippen LogP contribution is -2.24. The van der Waals surface area contributed by atoms with Crippen molar-refractivity contribution in [2.45, 2.75) is 19.9 Å². The van der Waals surface area contributed by atoms with Gasteiger partial charge < -0.3 is 19.4 Å².